The van der Waals surface area contributed by atoms with Crippen molar-refractivity contribution >= 4 is 0 Å². The predicted molar refractivity (Wildman–Crippen MR) is 115 cm³/mol. The first-order valence-electron chi connectivity index (χ1n) is 12.7. The highest BCUT2D eigenvalue weighted by Crippen LogP contribution is 2.71. The van der Waals surface area contributed by atoms with Crippen LogP contribution in [0.5, 0.6) is 0 Å². The SMILES string of the molecule is CC1CC2(CCCCC2C2CC23CC(C2CCC24CCNC4C)NC3C)CN1. The van der Waals surface area contributed by atoms with Gasteiger partial charge in [0.05, 0.1) is 0 Å². The normalized spacial score (nSPS) is 60.8. The molecular weight excluding hydrogens is 342 g/mol. The standard InChI is InChI=1S/C25H43N3/c1-16-12-23(15-27-16)8-5-4-6-19(23)21-13-25(21)14-22(28-18(25)3)20-7-9-24(20)10-11-26-17(24)2/h16-22,26-28H,4-15H2,1-3H3. The lowest BCUT2D eigenvalue weighted by Gasteiger charge is -2.53. The van der Waals surface area contributed by atoms with Crippen molar-refractivity contribution in [3.63, 3.8) is 0 Å². The fourth-order valence-electron chi connectivity index (χ4n) is 9.65. The molecule has 158 valence electrons. The van der Waals surface area contributed by atoms with Crippen LogP contribution in [-0.2, 0) is 0 Å². The van der Waals surface area contributed by atoms with Gasteiger partial charge in [-0.05, 0) is 113 Å². The summed E-state index contributed by atoms with van der Waals surface area (Å²) in [7, 11) is 0. The number of hydrogen-bond donors (Lipinski definition) is 3. The molecule has 0 aromatic rings. The van der Waals surface area contributed by atoms with Crippen molar-refractivity contribution in [2.24, 2.45) is 34.0 Å². The quantitative estimate of drug-likeness (QED) is 0.670. The van der Waals surface area contributed by atoms with Gasteiger partial charge in [0, 0.05) is 30.7 Å². The van der Waals surface area contributed by atoms with Crippen molar-refractivity contribution in [3.05, 3.63) is 0 Å². The van der Waals surface area contributed by atoms with E-state index < -0.39 is 0 Å². The summed E-state index contributed by atoms with van der Waals surface area (Å²) in [6.07, 6.45) is 14.9. The van der Waals surface area contributed by atoms with Gasteiger partial charge in [-0.25, -0.2) is 0 Å². The van der Waals surface area contributed by atoms with Gasteiger partial charge in [0.25, 0.3) is 0 Å². The van der Waals surface area contributed by atoms with Crippen LogP contribution in [0.2, 0.25) is 0 Å². The van der Waals surface area contributed by atoms with Gasteiger partial charge in [0.1, 0.15) is 0 Å². The molecule has 10 atom stereocenters. The summed E-state index contributed by atoms with van der Waals surface area (Å²) in [5.41, 5.74) is 1.92. The van der Waals surface area contributed by atoms with Crippen LogP contribution in [-0.4, -0.2) is 37.3 Å². The lowest BCUT2D eigenvalue weighted by Crippen LogP contribution is -2.54. The maximum atomic E-state index is 4.19. The second-order valence-corrected chi connectivity index (χ2v) is 12.2. The molecule has 0 aromatic heterocycles. The van der Waals surface area contributed by atoms with Gasteiger partial charge < -0.3 is 16.0 Å². The Balaban J connectivity index is 1.20. The number of rotatable bonds is 2. The Morgan fingerprint density at radius 1 is 0.714 bits per heavy atom. The summed E-state index contributed by atoms with van der Waals surface area (Å²) in [4.78, 5) is 0. The molecule has 3 nitrogen and oxygen atoms in total. The van der Waals surface area contributed by atoms with Gasteiger partial charge in [-0.15, -0.1) is 0 Å². The van der Waals surface area contributed by atoms with Crippen LogP contribution in [0.1, 0.15) is 85.0 Å². The van der Waals surface area contributed by atoms with E-state index in [-0.39, 0.29) is 0 Å². The zero-order valence-electron chi connectivity index (χ0n) is 18.5. The highest BCUT2D eigenvalue weighted by Gasteiger charge is 2.69. The van der Waals surface area contributed by atoms with Crippen LogP contribution in [0.15, 0.2) is 0 Å². The zero-order valence-corrected chi connectivity index (χ0v) is 18.5. The third kappa shape index (κ3) is 2.39. The molecule has 0 amide bonds. The molecule has 3 N–H and O–H groups in total. The average Bonchev–Trinajstić information content (AvgIpc) is 2.87. The Morgan fingerprint density at radius 2 is 1.61 bits per heavy atom. The Morgan fingerprint density at radius 3 is 2.29 bits per heavy atom. The van der Waals surface area contributed by atoms with Crippen molar-refractivity contribution in [1.29, 1.82) is 0 Å². The zero-order chi connectivity index (χ0) is 19.1. The van der Waals surface area contributed by atoms with Gasteiger partial charge in [-0.2, -0.15) is 0 Å². The van der Waals surface area contributed by atoms with E-state index in [4.69, 9.17) is 0 Å². The highest BCUT2D eigenvalue weighted by atomic mass is 15.1. The Hall–Kier alpha value is -0.120. The van der Waals surface area contributed by atoms with E-state index in [2.05, 4.69) is 36.7 Å². The minimum Gasteiger partial charge on any atom is -0.314 e. The van der Waals surface area contributed by atoms with E-state index in [1.165, 1.54) is 77.3 Å². The predicted octanol–water partition coefficient (Wildman–Crippen LogP) is 4.08. The van der Waals surface area contributed by atoms with Gasteiger partial charge >= 0.3 is 0 Å². The summed E-state index contributed by atoms with van der Waals surface area (Å²) < 4.78 is 0. The van der Waals surface area contributed by atoms with E-state index in [9.17, 15) is 0 Å². The largest absolute Gasteiger partial charge is 0.314 e. The first kappa shape index (κ1) is 18.6. The van der Waals surface area contributed by atoms with Crippen molar-refractivity contribution in [2.45, 2.75) is 109 Å². The van der Waals surface area contributed by atoms with Crippen LogP contribution in [0.4, 0.5) is 0 Å². The first-order chi connectivity index (χ1) is 13.5. The third-order valence-corrected chi connectivity index (χ3v) is 11.4. The fraction of sp³-hybridized carbons (Fsp3) is 1.00. The van der Waals surface area contributed by atoms with Crippen LogP contribution in [0, 0.1) is 34.0 Å². The van der Waals surface area contributed by atoms with Gasteiger partial charge in [-0.3, -0.25) is 0 Å². The summed E-state index contributed by atoms with van der Waals surface area (Å²) >= 11 is 0. The molecule has 0 bridgehead atoms. The van der Waals surface area contributed by atoms with Crippen LogP contribution in [0.3, 0.4) is 0 Å². The van der Waals surface area contributed by atoms with E-state index in [0.29, 0.717) is 16.2 Å². The molecule has 10 unspecified atom stereocenters. The molecule has 3 saturated heterocycles. The summed E-state index contributed by atoms with van der Waals surface area (Å²) in [6, 6.07) is 3.03. The molecule has 3 aliphatic heterocycles. The maximum absolute atomic E-state index is 4.19. The smallest absolute Gasteiger partial charge is 0.0110 e. The molecule has 3 aliphatic carbocycles. The lowest BCUT2D eigenvalue weighted by molar-refractivity contribution is -0.00345. The van der Waals surface area contributed by atoms with Crippen molar-refractivity contribution < 1.29 is 0 Å². The molecule has 3 saturated carbocycles. The minimum atomic E-state index is 0.629. The highest BCUT2D eigenvalue weighted by molar-refractivity contribution is 5.21. The van der Waals surface area contributed by atoms with Gasteiger partial charge in [-0.1, -0.05) is 12.8 Å². The second kappa shape index (κ2) is 6.20. The fourth-order valence-corrected chi connectivity index (χ4v) is 9.65. The summed E-state index contributed by atoms with van der Waals surface area (Å²) in [6.45, 7) is 10.0. The molecule has 3 heteroatoms. The average molecular weight is 386 g/mol. The van der Waals surface area contributed by atoms with Crippen molar-refractivity contribution in [2.75, 3.05) is 13.1 Å². The Bertz CT molecular complexity index is 631. The maximum Gasteiger partial charge on any atom is 0.0110 e. The Labute approximate surface area is 172 Å². The number of hydrogen-bond acceptors (Lipinski definition) is 3. The van der Waals surface area contributed by atoms with Crippen LogP contribution in [0.25, 0.3) is 0 Å². The van der Waals surface area contributed by atoms with E-state index in [1.807, 2.05) is 0 Å². The molecule has 0 aromatic carbocycles. The molecule has 3 spiro atoms. The molecular formula is C25H43N3. The van der Waals surface area contributed by atoms with Crippen molar-refractivity contribution in [1.82, 2.24) is 16.0 Å². The number of nitrogens with one attached hydrogen (secondary N) is 3. The molecule has 6 rings (SSSR count). The van der Waals surface area contributed by atoms with Gasteiger partial charge in [0.15, 0.2) is 0 Å². The third-order valence-electron chi connectivity index (χ3n) is 11.4. The lowest BCUT2D eigenvalue weighted by atomic mass is 9.53. The second-order valence-electron chi connectivity index (χ2n) is 12.2. The van der Waals surface area contributed by atoms with E-state index in [0.717, 1.165) is 41.9 Å². The van der Waals surface area contributed by atoms with Crippen LogP contribution >= 0.6 is 0 Å². The van der Waals surface area contributed by atoms with Gasteiger partial charge in [0.2, 0.25) is 0 Å². The molecule has 3 heterocycles. The van der Waals surface area contributed by atoms with E-state index >= 15 is 0 Å². The minimum absolute atomic E-state index is 0.629. The first-order valence-corrected chi connectivity index (χ1v) is 12.7. The molecule has 6 aliphatic rings. The van der Waals surface area contributed by atoms with Crippen LogP contribution < -0.4 is 16.0 Å². The Kier molecular flexibility index (Phi) is 4.13. The molecule has 0 radical (unpaired) electrons. The van der Waals surface area contributed by atoms with Crippen molar-refractivity contribution in [3.8, 4) is 0 Å². The molecule has 28 heavy (non-hydrogen) atoms. The topological polar surface area (TPSA) is 36.1 Å². The molecule has 6 fully saturated rings. The monoisotopic (exact) mass is 385 g/mol. The summed E-state index contributed by atoms with van der Waals surface area (Å²) in [5, 5.41) is 11.8. The van der Waals surface area contributed by atoms with E-state index in [1.54, 1.807) is 0 Å². The summed E-state index contributed by atoms with van der Waals surface area (Å²) in [5.74, 6) is 2.96.